The number of benzene rings is 1. The van der Waals surface area contributed by atoms with Gasteiger partial charge in [0.05, 0.1) is 42.0 Å². The summed E-state index contributed by atoms with van der Waals surface area (Å²) in [5.41, 5.74) is 0.585. The summed E-state index contributed by atoms with van der Waals surface area (Å²) in [4.78, 5) is 39.9. The fourth-order valence-electron chi connectivity index (χ4n) is 8.79. The normalized spacial score (nSPS) is 34.5. The highest BCUT2D eigenvalue weighted by atomic mass is 35.5. The molecule has 0 unspecified atom stereocenters. The zero-order valence-electron chi connectivity index (χ0n) is 43.7. The highest BCUT2D eigenvalue weighted by Crippen LogP contribution is 2.45. The lowest BCUT2D eigenvalue weighted by atomic mass is 9.88. The first kappa shape index (κ1) is 61.7. The van der Waals surface area contributed by atoms with Crippen molar-refractivity contribution in [2.75, 3.05) is 13.7 Å². The topological polar surface area (TPSA) is 267 Å². The van der Waals surface area contributed by atoms with Crippen LogP contribution >= 0.6 is 23.2 Å². The smallest absolute Gasteiger partial charge is 0.342 e. The summed E-state index contributed by atoms with van der Waals surface area (Å²) in [5, 5.41) is 76.4. The van der Waals surface area contributed by atoms with Crippen LogP contribution in [0, 0.1) is 11.8 Å². The number of aliphatic hydroxyl groups excluding tert-OH is 5. The van der Waals surface area contributed by atoms with Crippen LogP contribution in [-0.4, -0.2) is 153 Å². The summed E-state index contributed by atoms with van der Waals surface area (Å²) in [7, 11) is 1.29. The zero-order chi connectivity index (χ0) is 54.8. The average Bonchev–Trinajstić information content (AvgIpc) is 3.33. The lowest BCUT2D eigenvalue weighted by Crippen LogP contribution is -2.64. The van der Waals surface area contributed by atoms with Crippen LogP contribution in [0.4, 0.5) is 0 Å². The van der Waals surface area contributed by atoms with E-state index in [-0.39, 0.29) is 59.9 Å². The van der Waals surface area contributed by atoms with E-state index in [1.54, 1.807) is 59.8 Å². The number of phenols is 2. The van der Waals surface area contributed by atoms with Crippen molar-refractivity contribution in [1.82, 2.24) is 0 Å². The summed E-state index contributed by atoms with van der Waals surface area (Å²) in [6.07, 6.45) is -4.67. The molecular formula is C53H76Cl2O18. The molecule has 0 spiro atoms. The number of carbonyl (C=O) groups is 3. The second kappa shape index (κ2) is 27.2. The number of methoxy groups -OCH3 is 1. The van der Waals surface area contributed by atoms with Crippen molar-refractivity contribution in [3.05, 3.63) is 79.9 Å². The molecule has 2 saturated heterocycles. The van der Waals surface area contributed by atoms with Crippen LogP contribution in [0.2, 0.25) is 10.0 Å². The quantitative estimate of drug-likeness (QED) is 0.0586. The minimum absolute atomic E-state index is 0.0501. The first-order chi connectivity index (χ1) is 34.2. The number of hydrogen-bond donors (Lipinski definition) is 7. The molecule has 1 aromatic rings. The number of aromatic hydroxyl groups is 2. The molecule has 4 rings (SSSR count). The van der Waals surface area contributed by atoms with E-state index in [4.69, 9.17) is 61.1 Å². The highest BCUT2D eigenvalue weighted by molar-refractivity contribution is 6.39. The number of phenolic OH excluding ortho intramolecular Hbond substituents is 2. The summed E-state index contributed by atoms with van der Waals surface area (Å²) < 4.78 is 47.5. The van der Waals surface area contributed by atoms with Gasteiger partial charge in [-0.25, -0.2) is 9.59 Å². The summed E-state index contributed by atoms with van der Waals surface area (Å²) in [6, 6.07) is 0. The standard InChI is InChI=1S/C53H76Cl2O18/c1-13-31-24-27(6)34(57)18-16-15-17-32(21-22-67-52-46(66-12)43(62)45(30(9)68-52)70-50(65)36-33(14-2)37(54)40(59)38(55)39(36)58)49(64)69-35(29(8)56)20-19-26(5)23-28(7)44(31)71-51-42(61)41(60)47(53(10,11)73-51)72-48(63)25(3)4/h15-17,19,23-25,29-31,34-35,41-47,51-52,56-62H,13-14,18,20-22H2,1-12H3/b16-15+,26-19+,27-24+,28-23+,32-17+/t29-,30-,31+,34+,35+,41-,42+,43+,44+,45-,46+,47+,51-,52-/m1/s1. The number of halogens is 2. The van der Waals surface area contributed by atoms with Crippen molar-refractivity contribution >= 4 is 41.1 Å². The molecule has 0 amide bonds. The fourth-order valence-corrected chi connectivity index (χ4v) is 9.35. The van der Waals surface area contributed by atoms with Crippen molar-refractivity contribution in [1.29, 1.82) is 0 Å². The highest BCUT2D eigenvalue weighted by Gasteiger charge is 2.53. The second-order valence-corrected chi connectivity index (χ2v) is 20.4. The van der Waals surface area contributed by atoms with Gasteiger partial charge in [-0.15, -0.1) is 0 Å². The number of hydrogen-bond acceptors (Lipinski definition) is 18. The Hall–Kier alpha value is -3.89. The van der Waals surface area contributed by atoms with Crippen molar-refractivity contribution < 1.29 is 88.0 Å². The van der Waals surface area contributed by atoms with Crippen molar-refractivity contribution in [2.24, 2.45) is 11.8 Å². The molecule has 1 aromatic carbocycles. The number of rotatable bonds is 14. The minimum atomic E-state index is -1.60. The number of aliphatic hydroxyl groups is 5. The van der Waals surface area contributed by atoms with Crippen LogP contribution < -0.4 is 0 Å². The van der Waals surface area contributed by atoms with Crippen LogP contribution in [0.1, 0.15) is 118 Å². The third-order valence-electron chi connectivity index (χ3n) is 13.2. The SMILES string of the molecule is CCc1c(Cl)c(O)c(Cl)c(O)c1C(=O)O[C@H]1[C@H](O)[C@H](OC)[C@H](OCC/C2=C\C=C\C[C@H](O)/C(C)=C/[C@H](CC)[C@@H](O[C@@H]3OC(C)(C)[C@@H](OC(=O)C(C)C)[C@H](O)[C@@H]3O)/C(C)=C/C(C)=C/C[C@@H]([C@@H](C)O)OC2=O)O[C@@H]1C. The molecule has 18 nitrogen and oxygen atoms in total. The summed E-state index contributed by atoms with van der Waals surface area (Å²) >= 11 is 12.3. The van der Waals surface area contributed by atoms with Gasteiger partial charge >= 0.3 is 17.9 Å². The van der Waals surface area contributed by atoms with E-state index in [0.717, 1.165) is 0 Å². The Bertz CT molecular complexity index is 2230. The molecule has 2 fully saturated rings. The van der Waals surface area contributed by atoms with Crippen LogP contribution in [0.5, 0.6) is 11.5 Å². The van der Waals surface area contributed by atoms with Crippen molar-refractivity contribution in [2.45, 2.75) is 194 Å². The Kier molecular flexibility index (Phi) is 23.0. The minimum Gasteiger partial charge on any atom is -0.505 e. The Morgan fingerprint density at radius 3 is 2.18 bits per heavy atom. The molecule has 0 aromatic heterocycles. The van der Waals surface area contributed by atoms with Gasteiger partial charge in [-0.05, 0) is 84.4 Å². The predicted octanol–water partition coefficient (Wildman–Crippen LogP) is 6.62. The molecule has 14 atom stereocenters. The number of carbonyl (C=O) groups excluding carboxylic acids is 3. The molecule has 7 N–H and O–H groups in total. The Morgan fingerprint density at radius 1 is 0.904 bits per heavy atom. The van der Waals surface area contributed by atoms with Gasteiger partial charge in [0.25, 0.3) is 0 Å². The van der Waals surface area contributed by atoms with Crippen LogP contribution in [0.15, 0.2) is 58.7 Å². The molecule has 0 aliphatic carbocycles. The number of allylic oxidation sites excluding steroid dienone is 4. The molecule has 3 heterocycles. The predicted molar refractivity (Wildman–Crippen MR) is 270 cm³/mol. The van der Waals surface area contributed by atoms with Gasteiger partial charge in [0, 0.05) is 31.4 Å². The van der Waals surface area contributed by atoms with Gasteiger partial charge in [-0.1, -0.05) is 92.9 Å². The van der Waals surface area contributed by atoms with Gasteiger partial charge in [-0.2, -0.15) is 0 Å². The molecule has 410 valence electrons. The molecule has 0 bridgehead atoms. The maximum atomic E-state index is 13.9. The monoisotopic (exact) mass is 1070 g/mol. The van der Waals surface area contributed by atoms with E-state index in [9.17, 15) is 50.1 Å². The third-order valence-corrected chi connectivity index (χ3v) is 14.0. The van der Waals surface area contributed by atoms with E-state index in [2.05, 4.69) is 0 Å². The van der Waals surface area contributed by atoms with E-state index < -0.39 is 126 Å². The maximum Gasteiger partial charge on any atom is 0.342 e. The lowest BCUT2D eigenvalue weighted by Gasteiger charge is -2.47. The molecule has 20 heteroatoms. The molecule has 0 saturated carbocycles. The van der Waals surface area contributed by atoms with E-state index in [1.807, 2.05) is 32.9 Å². The Morgan fingerprint density at radius 2 is 1.58 bits per heavy atom. The van der Waals surface area contributed by atoms with Gasteiger partial charge in [0.15, 0.2) is 36.3 Å². The molecule has 3 aliphatic heterocycles. The van der Waals surface area contributed by atoms with Gasteiger partial charge in [0.2, 0.25) is 0 Å². The fraction of sp³-hybridized carbons (Fsp3) is 0.642. The van der Waals surface area contributed by atoms with Gasteiger partial charge in [0.1, 0.15) is 46.7 Å². The molecule has 3 aliphatic rings. The molecule has 73 heavy (non-hydrogen) atoms. The molecular weight excluding hydrogens is 995 g/mol. The first-order valence-corrected chi connectivity index (χ1v) is 25.4. The number of cyclic esters (lactones) is 1. The Balaban J connectivity index is 1.56. The third kappa shape index (κ3) is 15.4. The van der Waals surface area contributed by atoms with E-state index in [0.29, 0.717) is 23.1 Å². The van der Waals surface area contributed by atoms with Crippen LogP contribution in [-0.2, 0) is 53.9 Å². The van der Waals surface area contributed by atoms with Crippen LogP contribution in [0.25, 0.3) is 0 Å². The zero-order valence-corrected chi connectivity index (χ0v) is 45.3. The largest absolute Gasteiger partial charge is 0.505 e. The number of esters is 3. The molecule has 0 radical (unpaired) electrons. The van der Waals surface area contributed by atoms with Gasteiger partial charge < -0.3 is 73.6 Å². The van der Waals surface area contributed by atoms with Crippen molar-refractivity contribution in [3.8, 4) is 11.5 Å². The first-order valence-electron chi connectivity index (χ1n) is 24.7. The van der Waals surface area contributed by atoms with Crippen LogP contribution in [0.3, 0.4) is 0 Å². The summed E-state index contributed by atoms with van der Waals surface area (Å²) in [5.74, 6) is -4.62. The summed E-state index contributed by atoms with van der Waals surface area (Å²) in [6.45, 7) is 18.5. The van der Waals surface area contributed by atoms with Gasteiger partial charge in [-0.3, -0.25) is 4.79 Å². The van der Waals surface area contributed by atoms with Crippen molar-refractivity contribution in [3.63, 3.8) is 0 Å². The second-order valence-electron chi connectivity index (χ2n) is 19.7. The average molecular weight is 1070 g/mol. The maximum absolute atomic E-state index is 13.9. The van der Waals surface area contributed by atoms with E-state index >= 15 is 0 Å². The lowest BCUT2D eigenvalue weighted by molar-refractivity contribution is -0.333. The van der Waals surface area contributed by atoms with E-state index in [1.165, 1.54) is 27.0 Å². The Labute approximate surface area is 438 Å². The number of ether oxygens (including phenoxy) is 8.